The van der Waals surface area contributed by atoms with Crippen LogP contribution in [0.2, 0.25) is 15.1 Å². The Hall–Kier alpha value is -2.78. The van der Waals surface area contributed by atoms with E-state index in [-0.39, 0.29) is 33.1 Å². The quantitative estimate of drug-likeness (QED) is 0.295. The third-order valence-electron chi connectivity index (χ3n) is 6.00. The van der Waals surface area contributed by atoms with Gasteiger partial charge in [-0.25, -0.2) is 8.42 Å². The summed E-state index contributed by atoms with van der Waals surface area (Å²) in [5, 5.41) is 3.74. The van der Waals surface area contributed by atoms with Gasteiger partial charge in [0.2, 0.25) is 11.8 Å². The Labute approximate surface area is 251 Å². The first kappa shape index (κ1) is 31.7. The van der Waals surface area contributed by atoms with E-state index in [0.29, 0.717) is 10.6 Å². The van der Waals surface area contributed by atoms with Gasteiger partial charge in [0.1, 0.15) is 12.6 Å². The Morgan fingerprint density at radius 1 is 0.900 bits per heavy atom. The summed E-state index contributed by atoms with van der Waals surface area (Å²) >= 11 is 18.7. The van der Waals surface area contributed by atoms with Crippen molar-refractivity contribution >= 4 is 62.3 Å². The number of hydrogen-bond acceptors (Lipinski definition) is 4. The van der Waals surface area contributed by atoms with E-state index in [4.69, 9.17) is 34.8 Å². The fraction of sp³-hybridized carbons (Fsp3) is 0.310. The fourth-order valence-corrected chi connectivity index (χ4v) is 5.86. The Morgan fingerprint density at radius 3 is 2.05 bits per heavy atom. The van der Waals surface area contributed by atoms with Crippen LogP contribution in [0.1, 0.15) is 38.8 Å². The smallest absolute Gasteiger partial charge is 0.264 e. The van der Waals surface area contributed by atoms with Gasteiger partial charge in [-0.05, 0) is 82.6 Å². The van der Waals surface area contributed by atoms with Gasteiger partial charge in [-0.2, -0.15) is 0 Å². The molecule has 7 nitrogen and oxygen atoms in total. The van der Waals surface area contributed by atoms with Gasteiger partial charge in [0.25, 0.3) is 10.0 Å². The van der Waals surface area contributed by atoms with Crippen LogP contribution in [0.5, 0.6) is 0 Å². The molecule has 0 aliphatic rings. The van der Waals surface area contributed by atoms with Crippen molar-refractivity contribution < 1.29 is 18.0 Å². The number of halogens is 3. The summed E-state index contributed by atoms with van der Waals surface area (Å²) in [7, 11) is -4.27. The standard InChI is InChI=1S/C29H32Cl3N3O4S/c1-19-6-13-24(14-7-19)40(38,39)35(26-16-23(31)12-15-25(26)32)18-27(36)34(17-21-8-10-22(30)11-9-21)20(2)28(37)33-29(3,4)5/h6-16,20H,17-18H2,1-5H3,(H,33,37)/t20-/m1/s1. The summed E-state index contributed by atoms with van der Waals surface area (Å²) in [5.41, 5.74) is 1.08. The van der Waals surface area contributed by atoms with Crippen LogP contribution in [-0.4, -0.2) is 43.3 Å². The van der Waals surface area contributed by atoms with Crippen molar-refractivity contribution in [2.24, 2.45) is 0 Å². The Balaban J connectivity index is 2.08. The minimum atomic E-state index is -4.27. The molecule has 0 saturated carbocycles. The molecule has 0 aliphatic carbocycles. The second-order valence-corrected chi connectivity index (χ2v) is 13.6. The molecule has 2 amide bonds. The van der Waals surface area contributed by atoms with Crippen LogP contribution in [0.3, 0.4) is 0 Å². The van der Waals surface area contributed by atoms with Gasteiger partial charge in [-0.1, -0.05) is 64.6 Å². The van der Waals surface area contributed by atoms with Gasteiger partial charge in [0.05, 0.1) is 15.6 Å². The number of nitrogens with one attached hydrogen (secondary N) is 1. The maximum absolute atomic E-state index is 14.0. The average molecular weight is 625 g/mol. The number of carbonyl (C=O) groups is 2. The lowest BCUT2D eigenvalue weighted by atomic mass is 10.1. The highest BCUT2D eigenvalue weighted by Crippen LogP contribution is 2.33. The maximum Gasteiger partial charge on any atom is 0.264 e. The topological polar surface area (TPSA) is 86.8 Å². The van der Waals surface area contributed by atoms with E-state index in [1.54, 1.807) is 43.3 Å². The van der Waals surface area contributed by atoms with Gasteiger partial charge >= 0.3 is 0 Å². The minimum absolute atomic E-state index is 0.0234. The third kappa shape index (κ3) is 8.13. The second kappa shape index (κ2) is 12.8. The zero-order chi connectivity index (χ0) is 29.8. The van der Waals surface area contributed by atoms with Crippen molar-refractivity contribution in [1.82, 2.24) is 10.2 Å². The van der Waals surface area contributed by atoms with E-state index < -0.39 is 34.1 Å². The van der Waals surface area contributed by atoms with E-state index in [0.717, 1.165) is 9.87 Å². The van der Waals surface area contributed by atoms with Crippen molar-refractivity contribution in [1.29, 1.82) is 0 Å². The predicted molar refractivity (Wildman–Crippen MR) is 162 cm³/mol. The molecule has 0 aliphatic heterocycles. The zero-order valence-corrected chi connectivity index (χ0v) is 26.0. The minimum Gasteiger partial charge on any atom is -0.350 e. The molecule has 3 rings (SSSR count). The summed E-state index contributed by atoms with van der Waals surface area (Å²) < 4.78 is 28.8. The van der Waals surface area contributed by atoms with Crippen LogP contribution in [0, 0.1) is 6.92 Å². The van der Waals surface area contributed by atoms with Crippen molar-refractivity contribution in [3.63, 3.8) is 0 Å². The van der Waals surface area contributed by atoms with Crippen molar-refractivity contribution in [3.8, 4) is 0 Å². The van der Waals surface area contributed by atoms with Crippen LogP contribution in [-0.2, 0) is 26.2 Å². The van der Waals surface area contributed by atoms with E-state index in [1.807, 2.05) is 27.7 Å². The molecule has 214 valence electrons. The summed E-state index contributed by atoms with van der Waals surface area (Å²) in [5.74, 6) is -0.998. The first-order valence-electron chi connectivity index (χ1n) is 12.5. The molecule has 0 unspecified atom stereocenters. The molecule has 1 atom stereocenters. The predicted octanol–water partition coefficient (Wildman–Crippen LogP) is 6.48. The molecule has 0 saturated heterocycles. The van der Waals surface area contributed by atoms with Crippen molar-refractivity contribution in [2.75, 3.05) is 10.8 Å². The van der Waals surface area contributed by atoms with E-state index in [1.165, 1.54) is 35.2 Å². The first-order chi connectivity index (χ1) is 18.6. The van der Waals surface area contributed by atoms with E-state index in [9.17, 15) is 18.0 Å². The number of sulfonamides is 1. The molecular weight excluding hydrogens is 593 g/mol. The van der Waals surface area contributed by atoms with Gasteiger partial charge in [-0.3, -0.25) is 13.9 Å². The molecule has 0 heterocycles. The highest BCUT2D eigenvalue weighted by atomic mass is 35.5. The first-order valence-corrected chi connectivity index (χ1v) is 15.1. The fourth-order valence-electron chi connectivity index (χ4n) is 3.87. The highest BCUT2D eigenvalue weighted by Gasteiger charge is 2.34. The molecule has 11 heteroatoms. The number of rotatable bonds is 9. The number of anilines is 1. The number of carbonyl (C=O) groups excluding carboxylic acids is 2. The molecule has 0 radical (unpaired) electrons. The van der Waals surface area contributed by atoms with E-state index in [2.05, 4.69) is 5.32 Å². The molecule has 0 fully saturated rings. The van der Waals surface area contributed by atoms with Gasteiger partial charge in [-0.15, -0.1) is 0 Å². The van der Waals surface area contributed by atoms with Crippen LogP contribution < -0.4 is 9.62 Å². The summed E-state index contributed by atoms with van der Waals surface area (Å²) in [6.45, 7) is 8.34. The molecule has 0 bridgehead atoms. The Morgan fingerprint density at radius 2 is 1.48 bits per heavy atom. The summed E-state index contributed by atoms with van der Waals surface area (Å²) in [6.07, 6.45) is 0. The van der Waals surface area contributed by atoms with Crippen molar-refractivity contribution in [3.05, 3.63) is 92.9 Å². The molecule has 0 spiro atoms. The number of aryl methyl sites for hydroxylation is 1. The highest BCUT2D eigenvalue weighted by molar-refractivity contribution is 7.92. The second-order valence-electron chi connectivity index (χ2n) is 10.5. The lowest BCUT2D eigenvalue weighted by molar-refractivity contribution is -0.140. The monoisotopic (exact) mass is 623 g/mol. The normalized spacial score (nSPS) is 12.5. The van der Waals surface area contributed by atoms with Gasteiger partial charge < -0.3 is 10.2 Å². The number of nitrogens with zero attached hydrogens (tertiary/aromatic N) is 2. The van der Waals surface area contributed by atoms with Gasteiger partial charge in [0.15, 0.2) is 0 Å². The number of benzene rings is 3. The molecular formula is C29H32Cl3N3O4S. The molecule has 3 aromatic rings. The molecule has 3 aromatic carbocycles. The van der Waals surface area contributed by atoms with Crippen molar-refractivity contribution in [2.45, 2.75) is 57.6 Å². The third-order valence-corrected chi connectivity index (χ3v) is 8.58. The number of hydrogen-bond donors (Lipinski definition) is 1. The maximum atomic E-state index is 14.0. The zero-order valence-electron chi connectivity index (χ0n) is 22.9. The number of amides is 2. The Kier molecular flexibility index (Phi) is 10.2. The van der Waals surface area contributed by atoms with E-state index >= 15 is 0 Å². The summed E-state index contributed by atoms with van der Waals surface area (Å²) in [6, 6.07) is 16.6. The Bertz CT molecular complexity index is 1470. The molecule has 40 heavy (non-hydrogen) atoms. The average Bonchev–Trinajstić information content (AvgIpc) is 2.87. The molecule has 1 N–H and O–H groups in total. The van der Waals surface area contributed by atoms with Crippen LogP contribution >= 0.6 is 34.8 Å². The SMILES string of the molecule is Cc1ccc(S(=O)(=O)N(CC(=O)N(Cc2ccc(Cl)cc2)[C@H](C)C(=O)NC(C)(C)C)c2cc(Cl)ccc2Cl)cc1. The lowest BCUT2D eigenvalue weighted by Gasteiger charge is -2.33. The van der Waals surface area contributed by atoms with Gasteiger partial charge in [0, 0.05) is 22.1 Å². The largest absolute Gasteiger partial charge is 0.350 e. The molecule has 0 aromatic heterocycles. The van der Waals surface area contributed by atoms with Crippen LogP contribution in [0.4, 0.5) is 5.69 Å². The van der Waals surface area contributed by atoms with Crippen LogP contribution in [0.15, 0.2) is 71.6 Å². The summed E-state index contributed by atoms with van der Waals surface area (Å²) in [4.78, 5) is 28.4. The lowest BCUT2D eigenvalue weighted by Crippen LogP contribution is -2.54. The van der Waals surface area contributed by atoms with Crippen LogP contribution in [0.25, 0.3) is 0 Å².